The zero-order valence-corrected chi connectivity index (χ0v) is 12.0. The standard InChI is InChI=1S/C15H25ClN2/c16-10-13-17-11-6-1-2-7-12-18-14-15-8-4-3-5-9-15/h3-5,8-9,17-18H,1-2,6-7,10-14H2/p+2. The largest absolute Gasteiger partial charge is 0.345 e. The Hall–Kier alpha value is -0.570. The van der Waals surface area contributed by atoms with E-state index in [0.29, 0.717) is 0 Å². The van der Waals surface area contributed by atoms with Crippen molar-refractivity contribution in [1.29, 1.82) is 0 Å². The van der Waals surface area contributed by atoms with Crippen LogP contribution in [-0.2, 0) is 6.54 Å². The van der Waals surface area contributed by atoms with E-state index < -0.39 is 0 Å². The minimum Gasteiger partial charge on any atom is -0.345 e. The second-order valence-electron chi connectivity index (χ2n) is 4.74. The van der Waals surface area contributed by atoms with Crippen LogP contribution in [0, 0.1) is 0 Å². The van der Waals surface area contributed by atoms with E-state index in [4.69, 9.17) is 11.6 Å². The summed E-state index contributed by atoms with van der Waals surface area (Å²) in [4.78, 5) is 0. The maximum Gasteiger partial charge on any atom is 0.101 e. The first-order chi connectivity index (χ1) is 8.93. The number of alkyl halides is 1. The zero-order chi connectivity index (χ0) is 12.9. The van der Waals surface area contributed by atoms with E-state index in [1.807, 2.05) is 0 Å². The lowest BCUT2D eigenvalue weighted by molar-refractivity contribution is -0.671. The molecule has 0 heterocycles. The molecule has 0 saturated carbocycles. The van der Waals surface area contributed by atoms with Crippen LogP contribution >= 0.6 is 11.6 Å². The van der Waals surface area contributed by atoms with Crippen LogP contribution in [0.25, 0.3) is 0 Å². The van der Waals surface area contributed by atoms with Crippen LogP contribution in [0.5, 0.6) is 0 Å². The van der Waals surface area contributed by atoms with Gasteiger partial charge in [-0.15, -0.1) is 11.6 Å². The fraction of sp³-hybridized carbons (Fsp3) is 0.600. The van der Waals surface area contributed by atoms with Crippen molar-refractivity contribution in [2.24, 2.45) is 0 Å². The molecule has 2 nitrogen and oxygen atoms in total. The minimum atomic E-state index is 0.772. The van der Waals surface area contributed by atoms with E-state index in [-0.39, 0.29) is 0 Å². The molecule has 0 aliphatic heterocycles. The molecule has 0 saturated heterocycles. The van der Waals surface area contributed by atoms with Gasteiger partial charge in [-0.3, -0.25) is 0 Å². The lowest BCUT2D eigenvalue weighted by Gasteiger charge is -2.02. The van der Waals surface area contributed by atoms with Crippen LogP contribution in [0.1, 0.15) is 31.2 Å². The molecule has 1 aromatic carbocycles. The van der Waals surface area contributed by atoms with E-state index in [1.54, 1.807) is 0 Å². The molecule has 0 bridgehead atoms. The molecule has 0 spiro atoms. The van der Waals surface area contributed by atoms with E-state index in [1.165, 1.54) is 44.3 Å². The highest BCUT2D eigenvalue weighted by atomic mass is 35.5. The van der Waals surface area contributed by atoms with Crippen molar-refractivity contribution in [3.05, 3.63) is 35.9 Å². The Morgan fingerprint density at radius 3 is 2.11 bits per heavy atom. The molecule has 0 aliphatic carbocycles. The van der Waals surface area contributed by atoms with Crippen molar-refractivity contribution in [2.75, 3.05) is 25.5 Å². The highest BCUT2D eigenvalue weighted by Crippen LogP contribution is 1.96. The highest BCUT2D eigenvalue weighted by Gasteiger charge is 1.95. The molecule has 0 unspecified atom stereocenters. The molecule has 0 aromatic heterocycles. The molecule has 102 valence electrons. The topological polar surface area (TPSA) is 33.2 Å². The number of halogens is 1. The SMILES string of the molecule is ClCC[NH2+]CCCCCC[NH2+]Cc1ccccc1. The second-order valence-corrected chi connectivity index (χ2v) is 5.11. The maximum absolute atomic E-state index is 5.61. The van der Waals surface area contributed by atoms with Crippen molar-refractivity contribution < 1.29 is 10.6 Å². The predicted molar refractivity (Wildman–Crippen MR) is 77.8 cm³/mol. The summed E-state index contributed by atoms with van der Waals surface area (Å²) in [6.07, 6.45) is 5.38. The first-order valence-corrected chi connectivity index (χ1v) is 7.70. The Bertz CT molecular complexity index is 277. The molecule has 18 heavy (non-hydrogen) atoms. The van der Waals surface area contributed by atoms with Crippen LogP contribution in [-0.4, -0.2) is 25.5 Å². The normalized spacial score (nSPS) is 10.7. The Labute approximate surface area is 116 Å². The fourth-order valence-corrected chi connectivity index (χ4v) is 2.19. The van der Waals surface area contributed by atoms with Gasteiger partial charge in [0.15, 0.2) is 0 Å². The van der Waals surface area contributed by atoms with Crippen molar-refractivity contribution in [3.8, 4) is 0 Å². The highest BCUT2D eigenvalue weighted by molar-refractivity contribution is 6.17. The van der Waals surface area contributed by atoms with Crippen molar-refractivity contribution >= 4 is 11.6 Å². The summed E-state index contributed by atoms with van der Waals surface area (Å²) < 4.78 is 0. The van der Waals surface area contributed by atoms with Crippen LogP contribution < -0.4 is 10.6 Å². The third-order valence-corrected chi connectivity index (χ3v) is 3.32. The Balaban J connectivity index is 1.82. The first kappa shape index (κ1) is 15.5. The van der Waals surface area contributed by atoms with Gasteiger partial charge >= 0.3 is 0 Å². The van der Waals surface area contributed by atoms with E-state index in [2.05, 4.69) is 41.0 Å². The van der Waals surface area contributed by atoms with Crippen LogP contribution in [0.4, 0.5) is 0 Å². The number of rotatable bonds is 11. The van der Waals surface area contributed by atoms with Gasteiger partial charge < -0.3 is 10.6 Å². The molecular formula is C15H27ClN2+2. The number of benzene rings is 1. The molecule has 3 heteroatoms. The van der Waals surface area contributed by atoms with Gasteiger partial charge in [-0.05, 0) is 25.7 Å². The molecule has 0 radical (unpaired) electrons. The molecular weight excluding hydrogens is 244 g/mol. The Morgan fingerprint density at radius 1 is 0.778 bits per heavy atom. The van der Waals surface area contributed by atoms with Gasteiger partial charge in [0.25, 0.3) is 0 Å². The summed E-state index contributed by atoms with van der Waals surface area (Å²) in [6.45, 7) is 4.66. The number of quaternary nitrogens is 2. The average molecular weight is 271 g/mol. The molecule has 0 fully saturated rings. The van der Waals surface area contributed by atoms with Crippen LogP contribution in [0.2, 0.25) is 0 Å². The summed E-state index contributed by atoms with van der Waals surface area (Å²) in [5, 5.41) is 4.73. The van der Waals surface area contributed by atoms with Gasteiger partial charge in [0, 0.05) is 5.56 Å². The van der Waals surface area contributed by atoms with E-state index in [9.17, 15) is 0 Å². The molecule has 4 N–H and O–H groups in total. The van der Waals surface area contributed by atoms with Crippen molar-refractivity contribution in [2.45, 2.75) is 32.2 Å². The monoisotopic (exact) mass is 270 g/mol. The smallest absolute Gasteiger partial charge is 0.101 e. The fourth-order valence-electron chi connectivity index (χ4n) is 2.04. The molecule has 0 aliphatic rings. The maximum atomic E-state index is 5.61. The van der Waals surface area contributed by atoms with E-state index in [0.717, 1.165) is 19.0 Å². The third kappa shape index (κ3) is 8.51. The van der Waals surface area contributed by atoms with Gasteiger partial charge in [-0.25, -0.2) is 0 Å². The van der Waals surface area contributed by atoms with Crippen LogP contribution in [0.15, 0.2) is 30.3 Å². The Morgan fingerprint density at radius 2 is 1.44 bits per heavy atom. The van der Waals surface area contributed by atoms with Gasteiger partial charge in [-0.1, -0.05) is 30.3 Å². The number of hydrogen-bond donors (Lipinski definition) is 2. The van der Waals surface area contributed by atoms with Gasteiger partial charge in [0.1, 0.15) is 6.54 Å². The first-order valence-electron chi connectivity index (χ1n) is 7.16. The summed E-state index contributed by atoms with van der Waals surface area (Å²) in [6, 6.07) is 10.7. The third-order valence-electron chi connectivity index (χ3n) is 3.10. The second kappa shape index (κ2) is 11.5. The quantitative estimate of drug-likeness (QED) is 0.446. The molecule has 1 aromatic rings. The van der Waals surface area contributed by atoms with Gasteiger partial charge in [0.2, 0.25) is 0 Å². The van der Waals surface area contributed by atoms with Crippen molar-refractivity contribution in [1.82, 2.24) is 0 Å². The van der Waals surface area contributed by atoms with Gasteiger partial charge in [-0.2, -0.15) is 0 Å². The number of nitrogens with two attached hydrogens (primary N) is 2. The number of unbranched alkanes of at least 4 members (excludes halogenated alkanes) is 3. The zero-order valence-electron chi connectivity index (χ0n) is 11.3. The van der Waals surface area contributed by atoms with Crippen LogP contribution in [0.3, 0.4) is 0 Å². The summed E-state index contributed by atoms with van der Waals surface area (Å²) in [5.41, 5.74) is 1.42. The average Bonchev–Trinajstić information content (AvgIpc) is 2.42. The minimum absolute atomic E-state index is 0.772. The number of hydrogen-bond acceptors (Lipinski definition) is 0. The summed E-state index contributed by atoms with van der Waals surface area (Å²) in [5.74, 6) is 0.772. The lowest BCUT2D eigenvalue weighted by Crippen LogP contribution is -2.84. The molecule has 0 amide bonds. The summed E-state index contributed by atoms with van der Waals surface area (Å²) >= 11 is 5.61. The van der Waals surface area contributed by atoms with E-state index >= 15 is 0 Å². The molecule has 0 atom stereocenters. The predicted octanol–water partition coefficient (Wildman–Crippen LogP) is 1.11. The van der Waals surface area contributed by atoms with Gasteiger partial charge in [0.05, 0.1) is 25.5 Å². The Kier molecular flexibility index (Phi) is 9.91. The molecule has 1 rings (SSSR count). The van der Waals surface area contributed by atoms with Crippen molar-refractivity contribution in [3.63, 3.8) is 0 Å². The summed E-state index contributed by atoms with van der Waals surface area (Å²) in [7, 11) is 0. The lowest BCUT2D eigenvalue weighted by atomic mass is 10.2.